The molecule has 1 atom stereocenters. The summed E-state index contributed by atoms with van der Waals surface area (Å²) in [6.45, 7) is 6.92. The summed E-state index contributed by atoms with van der Waals surface area (Å²) in [5, 5.41) is 0. The maximum Gasteiger partial charge on any atom is 0.0949 e. The molecule has 0 bridgehead atoms. The summed E-state index contributed by atoms with van der Waals surface area (Å²) in [4.78, 5) is 4.20. The van der Waals surface area contributed by atoms with Gasteiger partial charge in [0.15, 0.2) is 0 Å². The van der Waals surface area contributed by atoms with Gasteiger partial charge in [-0.15, -0.1) is 0 Å². The third-order valence-electron chi connectivity index (χ3n) is 3.38. The van der Waals surface area contributed by atoms with Gasteiger partial charge in [-0.25, -0.2) is 4.98 Å². The number of aromatic nitrogens is 2. The summed E-state index contributed by atoms with van der Waals surface area (Å²) < 4.78 is 7.78. The molecule has 4 heteroatoms. The van der Waals surface area contributed by atoms with E-state index >= 15 is 0 Å². The van der Waals surface area contributed by atoms with Crippen LogP contribution in [0.3, 0.4) is 0 Å². The van der Waals surface area contributed by atoms with Gasteiger partial charge in [0.05, 0.1) is 18.6 Å². The molecular weight excluding hydrogens is 226 g/mol. The van der Waals surface area contributed by atoms with Crippen LogP contribution in [0.15, 0.2) is 12.5 Å². The highest BCUT2D eigenvalue weighted by atomic mass is 16.5. The van der Waals surface area contributed by atoms with Crippen molar-refractivity contribution in [3.8, 4) is 0 Å². The molecule has 0 amide bonds. The van der Waals surface area contributed by atoms with E-state index in [1.807, 2.05) is 12.5 Å². The van der Waals surface area contributed by atoms with Crippen molar-refractivity contribution in [2.45, 2.75) is 45.7 Å². The molecule has 4 nitrogen and oxygen atoms in total. The van der Waals surface area contributed by atoms with Crippen molar-refractivity contribution in [3.63, 3.8) is 0 Å². The first-order valence-corrected chi connectivity index (χ1v) is 7.00. The predicted molar refractivity (Wildman–Crippen MR) is 72.2 cm³/mol. The topological polar surface area (TPSA) is 53.1 Å². The van der Waals surface area contributed by atoms with Crippen LogP contribution in [0.2, 0.25) is 0 Å². The molecule has 2 N–H and O–H groups in total. The van der Waals surface area contributed by atoms with Crippen molar-refractivity contribution in [1.82, 2.24) is 9.55 Å². The first-order valence-electron chi connectivity index (χ1n) is 7.00. The highest BCUT2D eigenvalue weighted by Crippen LogP contribution is 2.28. The Hall–Kier alpha value is -0.870. The number of rotatable bonds is 8. The fourth-order valence-electron chi connectivity index (χ4n) is 2.15. The fourth-order valence-corrected chi connectivity index (χ4v) is 2.15. The van der Waals surface area contributed by atoms with Gasteiger partial charge in [0.25, 0.3) is 0 Å². The van der Waals surface area contributed by atoms with Crippen LogP contribution >= 0.6 is 0 Å². The lowest BCUT2D eigenvalue weighted by Crippen LogP contribution is -2.18. The van der Waals surface area contributed by atoms with Crippen LogP contribution in [0.25, 0.3) is 0 Å². The van der Waals surface area contributed by atoms with Gasteiger partial charge < -0.3 is 15.0 Å². The summed E-state index contributed by atoms with van der Waals surface area (Å²) in [7, 11) is 0. The zero-order chi connectivity index (χ0) is 13.0. The molecular formula is C14H25N3O. The van der Waals surface area contributed by atoms with E-state index in [1.54, 1.807) is 0 Å². The third-order valence-corrected chi connectivity index (χ3v) is 3.38. The molecule has 0 aliphatic heterocycles. The summed E-state index contributed by atoms with van der Waals surface area (Å²) in [5.74, 6) is 1.44. The quantitative estimate of drug-likeness (QED) is 0.722. The molecule has 0 spiro atoms. The van der Waals surface area contributed by atoms with E-state index in [4.69, 9.17) is 10.5 Å². The van der Waals surface area contributed by atoms with Crippen molar-refractivity contribution >= 4 is 0 Å². The molecule has 1 aromatic rings. The van der Waals surface area contributed by atoms with Gasteiger partial charge in [0.2, 0.25) is 0 Å². The molecule has 1 unspecified atom stereocenters. The minimum Gasteiger partial charge on any atom is -0.379 e. The Morgan fingerprint density at radius 1 is 1.50 bits per heavy atom. The number of nitrogens with two attached hydrogens (primary N) is 1. The van der Waals surface area contributed by atoms with E-state index in [1.165, 1.54) is 12.8 Å². The van der Waals surface area contributed by atoms with E-state index in [-0.39, 0.29) is 6.04 Å². The zero-order valence-electron chi connectivity index (χ0n) is 11.5. The van der Waals surface area contributed by atoms with E-state index in [2.05, 4.69) is 23.4 Å². The highest BCUT2D eigenvalue weighted by molar-refractivity contribution is 5.04. The Balaban J connectivity index is 1.78. The van der Waals surface area contributed by atoms with Crippen LogP contribution in [0, 0.1) is 11.8 Å². The normalized spacial score (nSPS) is 17.3. The number of nitrogens with zero attached hydrogens (tertiary/aromatic N) is 2. The summed E-state index contributed by atoms with van der Waals surface area (Å²) in [6.07, 6.45) is 7.42. The summed E-state index contributed by atoms with van der Waals surface area (Å²) in [5.41, 5.74) is 7.33. The lowest BCUT2D eigenvalue weighted by molar-refractivity contribution is 0.116. The molecule has 1 aliphatic rings. The fraction of sp³-hybridized carbons (Fsp3) is 0.786. The minimum atomic E-state index is 0.0796. The largest absolute Gasteiger partial charge is 0.379 e. The van der Waals surface area contributed by atoms with Crippen LogP contribution < -0.4 is 5.73 Å². The van der Waals surface area contributed by atoms with E-state index in [0.717, 1.165) is 37.8 Å². The standard InChI is InChI=1S/C14H25N3O/c1-11(2)7-13(15)14-8-16-10-17(14)5-6-18-9-12-3-4-12/h8,10-13H,3-7,9,15H2,1-2H3. The number of ether oxygens (including phenoxy) is 1. The lowest BCUT2D eigenvalue weighted by Gasteiger charge is -2.16. The molecule has 1 saturated carbocycles. The van der Waals surface area contributed by atoms with Crippen molar-refractivity contribution in [1.29, 1.82) is 0 Å². The van der Waals surface area contributed by atoms with Crippen molar-refractivity contribution in [2.24, 2.45) is 17.6 Å². The number of hydrogen-bond acceptors (Lipinski definition) is 3. The molecule has 0 saturated heterocycles. The van der Waals surface area contributed by atoms with Crippen LogP contribution in [0.1, 0.15) is 44.8 Å². The van der Waals surface area contributed by atoms with Gasteiger partial charge in [-0.3, -0.25) is 0 Å². The maximum absolute atomic E-state index is 6.20. The summed E-state index contributed by atoms with van der Waals surface area (Å²) in [6, 6.07) is 0.0796. The Kier molecular flexibility index (Phi) is 4.78. The van der Waals surface area contributed by atoms with Crippen molar-refractivity contribution in [3.05, 3.63) is 18.2 Å². The molecule has 0 radical (unpaired) electrons. The molecule has 1 aromatic heterocycles. The van der Waals surface area contributed by atoms with Gasteiger partial charge >= 0.3 is 0 Å². The van der Waals surface area contributed by atoms with Crippen molar-refractivity contribution < 1.29 is 4.74 Å². The lowest BCUT2D eigenvalue weighted by atomic mass is 10.0. The second-order valence-corrected chi connectivity index (χ2v) is 5.77. The number of imidazole rings is 1. The van der Waals surface area contributed by atoms with Gasteiger partial charge in [-0.05, 0) is 31.1 Å². The SMILES string of the molecule is CC(C)CC(N)c1cncn1CCOCC1CC1. The second kappa shape index (κ2) is 6.34. The van der Waals surface area contributed by atoms with Crippen LogP contribution in [0.4, 0.5) is 0 Å². The van der Waals surface area contributed by atoms with E-state index < -0.39 is 0 Å². The van der Waals surface area contributed by atoms with Gasteiger partial charge in [0.1, 0.15) is 0 Å². The summed E-state index contributed by atoms with van der Waals surface area (Å²) >= 11 is 0. The second-order valence-electron chi connectivity index (χ2n) is 5.77. The van der Waals surface area contributed by atoms with Gasteiger partial charge in [-0.1, -0.05) is 13.8 Å². The molecule has 102 valence electrons. The predicted octanol–water partition coefficient (Wildman–Crippen LogP) is 2.36. The first kappa shape index (κ1) is 13.6. The smallest absolute Gasteiger partial charge is 0.0949 e. The van der Waals surface area contributed by atoms with E-state index in [0.29, 0.717) is 5.92 Å². The highest BCUT2D eigenvalue weighted by Gasteiger charge is 2.21. The Morgan fingerprint density at radius 2 is 2.28 bits per heavy atom. The van der Waals surface area contributed by atoms with Gasteiger partial charge in [-0.2, -0.15) is 0 Å². The van der Waals surface area contributed by atoms with Gasteiger partial charge in [0, 0.05) is 25.4 Å². The molecule has 1 fully saturated rings. The molecule has 0 aromatic carbocycles. The Labute approximate surface area is 110 Å². The van der Waals surface area contributed by atoms with Crippen LogP contribution in [-0.2, 0) is 11.3 Å². The first-order chi connectivity index (χ1) is 8.66. The Morgan fingerprint density at radius 3 is 2.94 bits per heavy atom. The monoisotopic (exact) mass is 251 g/mol. The molecule has 1 aliphatic carbocycles. The average Bonchev–Trinajstić information content (AvgIpc) is 3.00. The zero-order valence-corrected chi connectivity index (χ0v) is 11.5. The van der Waals surface area contributed by atoms with Crippen LogP contribution in [0.5, 0.6) is 0 Å². The maximum atomic E-state index is 6.20. The molecule has 1 heterocycles. The molecule has 2 rings (SSSR count). The molecule has 18 heavy (non-hydrogen) atoms. The number of hydrogen-bond donors (Lipinski definition) is 1. The minimum absolute atomic E-state index is 0.0796. The Bertz CT molecular complexity index is 358. The van der Waals surface area contributed by atoms with E-state index in [9.17, 15) is 0 Å². The van der Waals surface area contributed by atoms with Crippen molar-refractivity contribution in [2.75, 3.05) is 13.2 Å². The van der Waals surface area contributed by atoms with Crippen LogP contribution in [-0.4, -0.2) is 22.8 Å². The third kappa shape index (κ3) is 4.10. The average molecular weight is 251 g/mol.